The van der Waals surface area contributed by atoms with Crippen LogP contribution in [0.2, 0.25) is 0 Å². The summed E-state index contributed by atoms with van der Waals surface area (Å²) in [7, 11) is 0. The monoisotopic (exact) mass is 281 g/mol. The van der Waals surface area contributed by atoms with Gasteiger partial charge in [-0.05, 0) is 33.1 Å². The quantitative estimate of drug-likeness (QED) is 0.717. The van der Waals surface area contributed by atoms with E-state index in [1.165, 1.54) is 0 Å². The highest BCUT2D eigenvalue weighted by molar-refractivity contribution is 6.08. The molecule has 0 aliphatic carbocycles. The Balaban J connectivity index is 2.19. The average Bonchev–Trinajstić information content (AvgIpc) is 2.75. The van der Waals surface area contributed by atoms with E-state index in [0.717, 1.165) is 27.3 Å². The molecule has 0 saturated carbocycles. The van der Waals surface area contributed by atoms with Crippen molar-refractivity contribution < 1.29 is 9.21 Å². The van der Waals surface area contributed by atoms with Crippen molar-refractivity contribution in [2.45, 2.75) is 33.2 Å². The predicted octanol–water partition coefficient (Wildman–Crippen LogP) is 4.42. The number of carbonyl (C=O) groups excluding carboxylic acids is 1. The summed E-state index contributed by atoms with van der Waals surface area (Å²) < 4.78 is 5.91. The maximum Gasteiger partial charge on any atom is 0.287 e. The number of carbonyl (C=O) groups is 1. The minimum atomic E-state index is -0.287. The normalized spacial score (nSPS) is 12.0. The lowest BCUT2D eigenvalue weighted by Crippen LogP contribution is -2.40. The zero-order valence-electron chi connectivity index (χ0n) is 12.8. The Morgan fingerprint density at radius 3 is 2.48 bits per heavy atom. The maximum atomic E-state index is 12.4. The molecule has 3 heteroatoms. The maximum absolute atomic E-state index is 12.4. The van der Waals surface area contributed by atoms with Gasteiger partial charge >= 0.3 is 0 Å². The highest BCUT2D eigenvalue weighted by atomic mass is 16.3. The van der Waals surface area contributed by atoms with Crippen molar-refractivity contribution in [3.8, 4) is 0 Å². The molecule has 0 atom stereocenters. The number of hydrogen-bond acceptors (Lipinski definition) is 2. The van der Waals surface area contributed by atoms with Gasteiger partial charge in [0.15, 0.2) is 5.76 Å². The number of fused-ring (bicyclic) bond motifs is 3. The molecule has 1 amide bonds. The molecule has 108 valence electrons. The average molecular weight is 281 g/mol. The summed E-state index contributed by atoms with van der Waals surface area (Å²) in [6, 6.07) is 12.1. The molecule has 0 fully saturated rings. The molecule has 0 unspecified atom stereocenters. The second-order valence-electron chi connectivity index (χ2n) is 6.42. The van der Waals surface area contributed by atoms with E-state index in [9.17, 15) is 4.79 Å². The Morgan fingerprint density at radius 2 is 1.76 bits per heavy atom. The zero-order valence-corrected chi connectivity index (χ0v) is 12.8. The Kier molecular flexibility index (Phi) is 3.01. The smallest absolute Gasteiger partial charge is 0.287 e. The Bertz CT molecular complexity index is 837. The van der Waals surface area contributed by atoms with E-state index in [1.807, 2.05) is 58.0 Å². The molecule has 0 spiro atoms. The van der Waals surface area contributed by atoms with Crippen molar-refractivity contribution in [3.05, 3.63) is 47.7 Å². The van der Waals surface area contributed by atoms with Gasteiger partial charge in [-0.3, -0.25) is 4.79 Å². The number of nitrogens with one attached hydrogen (secondary N) is 1. The van der Waals surface area contributed by atoms with E-state index in [2.05, 4.69) is 11.4 Å². The van der Waals surface area contributed by atoms with E-state index in [-0.39, 0.29) is 11.4 Å². The summed E-state index contributed by atoms with van der Waals surface area (Å²) >= 11 is 0. The van der Waals surface area contributed by atoms with Crippen LogP contribution in [0, 0.1) is 6.92 Å². The topological polar surface area (TPSA) is 42.2 Å². The van der Waals surface area contributed by atoms with Crippen LogP contribution in [0.15, 0.2) is 40.8 Å². The van der Waals surface area contributed by atoms with E-state index < -0.39 is 0 Å². The predicted molar refractivity (Wildman–Crippen MR) is 85.7 cm³/mol. The second-order valence-corrected chi connectivity index (χ2v) is 6.42. The number of benzene rings is 2. The summed E-state index contributed by atoms with van der Waals surface area (Å²) in [6.45, 7) is 7.80. The van der Waals surface area contributed by atoms with Gasteiger partial charge in [-0.2, -0.15) is 0 Å². The van der Waals surface area contributed by atoms with Gasteiger partial charge < -0.3 is 9.73 Å². The molecule has 3 rings (SSSR count). The summed E-state index contributed by atoms with van der Waals surface area (Å²) in [4.78, 5) is 12.4. The first-order chi connectivity index (χ1) is 9.87. The highest BCUT2D eigenvalue weighted by Gasteiger charge is 2.22. The van der Waals surface area contributed by atoms with Gasteiger partial charge in [-0.25, -0.2) is 0 Å². The van der Waals surface area contributed by atoms with Crippen LogP contribution in [-0.4, -0.2) is 11.4 Å². The number of amides is 1. The lowest BCUT2D eigenvalue weighted by Gasteiger charge is -2.19. The van der Waals surface area contributed by atoms with E-state index in [4.69, 9.17) is 4.42 Å². The summed E-state index contributed by atoms with van der Waals surface area (Å²) in [5.74, 6) is 0.233. The Hall–Kier alpha value is -2.29. The minimum Gasteiger partial charge on any atom is -0.450 e. The fourth-order valence-corrected chi connectivity index (χ4v) is 2.56. The molecule has 1 N–H and O–H groups in total. The van der Waals surface area contributed by atoms with Crippen molar-refractivity contribution in [2.75, 3.05) is 0 Å². The van der Waals surface area contributed by atoms with E-state index in [0.29, 0.717) is 5.76 Å². The summed E-state index contributed by atoms with van der Waals surface area (Å²) in [6.07, 6.45) is 0. The fraction of sp³-hybridized carbons (Fsp3) is 0.278. The van der Waals surface area contributed by atoms with Crippen LogP contribution < -0.4 is 5.32 Å². The van der Waals surface area contributed by atoms with Crippen LogP contribution in [0.25, 0.3) is 21.7 Å². The van der Waals surface area contributed by atoms with Crippen LogP contribution in [-0.2, 0) is 0 Å². The van der Waals surface area contributed by atoms with Gasteiger partial charge in [-0.15, -0.1) is 0 Å². The molecule has 3 aromatic rings. The van der Waals surface area contributed by atoms with Crippen molar-refractivity contribution in [3.63, 3.8) is 0 Å². The lowest BCUT2D eigenvalue weighted by molar-refractivity contribution is 0.0892. The molecule has 0 bridgehead atoms. The Morgan fingerprint density at radius 1 is 1.05 bits per heavy atom. The number of hydrogen-bond donors (Lipinski definition) is 1. The third-order valence-corrected chi connectivity index (χ3v) is 3.52. The van der Waals surface area contributed by atoms with Gasteiger partial charge in [0, 0.05) is 21.9 Å². The molecule has 0 saturated heterocycles. The molecule has 0 aliphatic rings. The minimum absolute atomic E-state index is 0.166. The van der Waals surface area contributed by atoms with E-state index >= 15 is 0 Å². The Labute approximate surface area is 123 Å². The SMILES string of the molecule is Cc1c(C(=O)NC(C)(C)C)oc2c1ccc1ccccc12. The van der Waals surface area contributed by atoms with Crippen molar-refractivity contribution >= 4 is 27.6 Å². The molecule has 0 radical (unpaired) electrons. The van der Waals surface area contributed by atoms with Crippen LogP contribution >= 0.6 is 0 Å². The molecule has 21 heavy (non-hydrogen) atoms. The van der Waals surface area contributed by atoms with Gasteiger partial charge in [0.05, 0.1) is 0 Å². The van der Waals surface area contributed by atoms with E-state index in [1.54, 1.807) is 0 Å². The fourth-order valence-electron chi connectivity index (χ4n) is 2.56. The first kappa shape index (κ1) is 13.7. The molecular formula is C18H19NO2. The largest absolute Gasteiger partial charge is 0.450 e. The standard InChI is InChI=1S/C18H19NO2/c1-11-13-10-9-12-7-5-6-8-14(12)16(13)21-15(11)17(20)19-18(2,3)4/h5-10H,1-4H3,(H,19,20). The van der Waals surface area contributed by atoms with Crippen molar-refractivity contribution in [1.82, 2.24) is 5.32 Å². The summed E-state index contributed by atoms with van der Waals surface area (Å²) in [5, 5.41) is 6.09. The summed E-state index contributed by atoms with van der Waals surface area (Å²) in [5.41, 5.74) is 1.38. The van der Waals surface area contributed by atoms with Crippen molar-refractivity contribution in [1.29, 1.82) is 0 Å². The first-order valence-electron chi connectivity index (χ1n) is 7.10. The number of furan rings is 1. The van der Waals surface area contributed by atoms with Crippen LogP contribution in [0.4, 0.5) is 0 Å². The molecule has 3 nitrogen and oxygen atoms in total. The van der Waals surface area contributed by atoms with Crippen LogP contribution in [0.5, 0.6) is 0 Å². The molecular weight excluding hydrogens is 262 g/mol. The molecule has 2 aromatic carbocycles. The lowest BCUT2D eigenvalue weighted by atomic mass is 10.1. The van der Waals surface area contributed by atoms with Crippen LogP contribution in [0.1, 0.15) is 36.9 Å². The molecule has 0 aliphatic heterocycles. The molecule has 1 aromatic heterocycles. The van der Waals surface area contributed by atoms with Crippen LogP contribution in [0.3, 0.4) is 0 Å². The van der Waals surface area contributed by atoms with Gasteiger partial charge in [0.1, 0.15) is 5.58 Å². The van der Waals surface area contributed by atoms with Gasteiger partial charge in [0.25, 0.3) is 5.91 Å². The van der Waals surface area contributed by atoms with Crippen molar-refractivity contribution in [2.24, 2.45) is 0 Å². The van der Waals surface area contributed by atoms with Gasteiger partial charge in [0.2, 0.25) is 0 Å². The molecule has 1 heterocycles. The third kappa shape index (κ3) is 2.40. The number of rotatable bonds is 1. The second kappa shape index (κ2) is 4.62. The zero-order chi connectivity index (χ0) is 15.2. The number of aryl methyl sites for hydroxylation is 1. The third-order valence-electron chi connectivity index (χ3n) is 3.52. The first-order valence-corrected chi connectivity index (χ1v) is 7.10. The highest BCUT2D eigenvalue weighted by Crippen LogP contribution is 2.31. The van der Waals surface area contributed by atoms with Gasteiger partial charge in [-0.1, -0.05) is 36.4 Å².